The Morgan fingerprint density at radius 2 is 1.60 bits per heavy atom. The van der Waals surface area contributed by atoms with Gasteiger partial charge in [0.05, 0.1) is 5.92 Å². The molecule has 1 aliphatic heterocycles. The Morgan fingerprint density at radius 3 is 2.24 bits per heavy atom. The van der Waals surface area contributed by atoms with E-state index in [0.717, 1.165) is 37.6 Å². The van der Waals surface area contributed by atoms with E-state index in [4.69, 9.17) is 4.74 Å². The molecule has 3 nitrogen and oxygen atoms in total. The predicted octanol–water partition coefficient (Wildman–Crippen LogP) is 5.32. The van der Waals surface area contributed by atoms with Crippen molar-refractivity contribution in [3.63, 3.8) is 0 Å². The average Bonchev–Trinajstić information content (AvgIpc) is 3.18. The summed E-state index contributed by atoms with van der Waals surface area (Å²) in [5, 5.41) is 0. The van der Waals surface area contributed by atoms with E-state index in [1.807, 2.05) is 0 Å². The predicted molar refractivity (Wildman–Crippen MR) is 103 cm³/mol. The van der Waals surface area contributed by atoms with Crippen LogP contribution in [0.25, 0.3) is 0 Å². The Morgan fingerprint density at radius 1 is 0.920 bits per heavy atom. The minimum atomic E-state index is 0.120. The van der Waals surface area contributed by atoms with Crippen molar-refractivity contribution in [1.82, 2.24) is 4.90 Å². The second-order valence-electron chi connectivity index (χ2n) is 8.82. The van der Waals surface area contributed by atoms with Crippen molar-refractivity contribution >= 4 is 5.97 Å². The molecule has 0 bridgehead atoms. The van der Waals surface area contributed by atoms with Crippen molar-refractivity contribution in [2.45, 2.75) is 109 Å². The molecular weight excluding hydrogens is 310 g/mol. The van der Waals surface area contributed by atoms with Gasteiger partial charge >= 0.3 is 5.97 Å². The summed E-state index contributed by atoms with van der Waals surface area (Å²) >= 11 is 0. The molecule has 3 rings (SSSR count). The molecule has 3 fully saturated rings. The summed E-state index contributed by atoms with van der Waals surface area (Å²) in [6, 6.07) is 0.741. The van der Waals surface area contributed by atoms with Crippen LogP contribution < -0.4 is 0 Å². The largest absolute Gasteiger partial charge is 0.462 e. The lowest BCUT2D eigenvalue weighted by atomic mass is 9.83. The minimum Gasteiger partial charge on any atom is -0.462 e. The maximum absolute atomic E-state index is 12.6. The Labute approximate surface area is 154 Å². The number of rotatable bonds is 7. The summed E-state index contributed by atoms with van der Waals surface area (Å²) in [5.74, 6) is 1.19. The number of ether oxygens (including phenoxy) is 1. The van der Waals surface area contributed by atoms with Crippen LogP contribution in [0.15, 0.2) is 0 Å². The van der Waals surface area contributed by atoms with Crippen LogP contribution in [0.5, 0.6) is 0 Å². The fourth-order valence-corrected chi connectivity index (χ4v) is 5.27. The van der Waals surface area contributed by atoms with Crippen molar-refractivity contribution in [2.75, 3.05) is 13.1 Å². The quantitative estimate of drug-likeness (QED) is 0.460. The molecule has 2 saturated carbocycles. The van der Waals surface area contributed by atoms with Gasteiger partial charge in [-0.05, 0) is 83.2 Å². The van der Waals surface area contributed by atoms with E-state index in [1.165, 1.54) is 77.3 Å². The van der Waals surface area contributed by atoms with Gasteiger partial charge < -0.3 is 9.64 Å². The van der Waals surface area contributed by atoms with Crippen molar-refractivity contribution in [2.24, 2.45) is 11.8 Å². The Hall–Kier alpha value is -0.570. The first-order chi connectivity index (χ1) is 12.3. The first-order valence-corrected chi connectivity index (χ1v) is 11.2. The molecule has 0 radical (unpaired) electrons. The van der Waals surface area contributed by atoms with E-state index in [-0.39, 0.29) is 18.0 Å². The molecule has 25 heavy (non-hydrogen) atoms. The summed E-state index contributed by atoms with van der Waals surface area (Å²) in [6.45, 7) is 4.83. The van der Waals surface area contributed by atoms with Crippen molar-refractivity contribution in [3.8, 4) is 0 Å². The average molecular weight is 350 g/mol. The molecule has 0 unspecified atom stereocenters. The molecule has 1 heterocycles. The Bertz CT molecular complexity index is 389. The van der Waals surface area contributed by atoms with E-state index < -0.39 is 0 Å². The zero-order valence-electron chi connectivity index (χ0n) is 16.4. The topological polar surface area (TPSA) is 29.5 Å². The van der Waals surface area contributed by atoms with Crippen LogP contribution in [0.1, 0.15) is 96.8 Å². The summed E-state index contributed by atoms with van der Waals surface area (Å²) in [7, 11) is 0. The third-order valence-corrected chi connectivity index (χ3v) is 6.98. The molecule has 3 heteroatoms. The van der Waals surface area contributed by atoms with E-state index in [2.05, 4.69) is 11.8 Å². The van der Waals surface area contributed by atoms with E-state index in [0.29, 0.717) is 0 Å². The smallest absolute Gasteiger partial charge is 0.309 e. The summed E-state index contributed by atoms with van der Waals surface area (Å²) in [4.78, 5) is 15.2. The highest BCUT2D eigenvalue weighted by molar-refractivity contribution is 5.72. The summed E-state index contributed by atoms with van der Waals surface area (Å²) in [6.07, 6.45) is 17.6. The lowest BCUT2D eigenvalue weighted by Gasteiger charge is -2.35. The van der Waals surface area contributed by atoms with Crippen LogP contribution in [0.3, 0.4) is 0 Å². The molecule has 0 N–H and O–H groups in total. The monoisotopic (exact) mass is 349 g/mol. The van der Waals surface area contributed by atoms with Crippen LogP contribution in [0.2, 0.25) is 0 Å². The van der Waals surface area contributed by atoms with Gasteiger partial charge in [0, 0.05) is 6.04 Å². The second kappa shape index (κ2) is 9.94. The molecule has 1 saturated heterocycles. The van der Waals surface area contributed by atoms with Crippen molar-refractivity contribution in [1.29, 1.82) is 0 Å². The number of nitrogens with zero attached hydrogens (tertiary/aromatic N) is 1. The third kappa shape index (κ3) is 5.70. The minimum absolute atomic E-state index is 0.120. The summed E-state index contributed by atoms with van der Waals surface area (Å²) < 4.78 is 5.91. The fraction of sp³-hybridized carbons (Fsp3) is 0.955. The van der Waals surface area contributed by atoms with Crippen LogP contribution in [-0.4, -0.2) is 36.1 Å². The first kappa shape index (κ1) is 19.2. The molecule has 0 amide bonds. The lowest BCUT2D eigenvalue weighted by molar-refractivity contribution is -0.157. The standard InChI is InChI=1S/C22H39NO2/c1-2-3-4-7-18-8-14-21(15-9-18)25-22(24)19-10-12-20(13-11-19)23-16-5-6-17-23/h18-21H,2-17H2,1H3. The van der Waals surface area contributed by atoms with Crippen LogP contribution in [-0.2, 0) is 9.53 Å². The van der Waals surface area contributed by atoms with Crippen LogP contribution in [0.4, 0.5) is 0 Å². The van der Waals surface area contributed by atoms with Gasteiger partial charge in [-0.1, -0.05) is 32.6 Å². The molecular formula is C22H39NO2. The number of hydrogen-bond donors (Lipinski definition) is 0. The van der Waals surface area contributed by atoms with Crippen molar-refractivity contribution < 1.29 is 9.53 Å². The van der Waals surface area contributed by atoms with Gasteiger partial charge in [0.2, 0.25) is 0 Å². The van der Waals surface area contributed by atoms with E-state index in [1.54, 1.807) is 0 Å². The molecule has 0 spiro atoms. The van der Waals surface area contributed by atoms with E-state index >= 15 is 0 Å². The normalized spacial score (nSPS) is 34.1. The number of esters is 1. The van der Waals surface area contributed by atoms with Gasteiger partial charge in [-0.15, -0.1) is 0 Å². The summed E-state index contributed by atoms with van der Waals surface area (Å²) in [5.41, 5.74) is 0. The number of carbonyl (C=O) groups is 1. The molecule has 0 aromatic carbocycles. The maximum Gasteiger partial charge on any atom is 0.309 e. The number of unbranched alkanes of at least 4 members (excludes halogenated alkanes) is 2. The molecule has 0 atom stereocenters. The van der Waals surface area contributed by atoms with Gasteiger partial charge in [0.1, 0.15) is 6.10 Å². The zero-order chi connectivity index (χ0) is 17.5. The van der Waals surface area contributed by atoms with E-state index in [9.17, 15) is 4.79 Å². The molecule has 3 aliphatic rings. The highest BCUT2D eigenvalue weighted by Crippen LogP contribution is 2.33. The number of hydrogen-bond acceptors (Lipinski definition) is 3. The van der Waals surface area contributed by atoms with Gasteiger partial charge in [0.15, 0.2) is 0 Å². The number of carbonyl (C=O) groups excluding carboxylic acids is 1. The zero-order valence-corrected chi connectivity index (χ0v) is 16.4. The maximum atomic E-state index is 12.6. The Balaban J connectivity index is 1.32. The molecule has 144 valence electrons. The van der Waals surface area contributed by atoms with Crippen LogP contribution in [0, 0.1) is 11.8 Å². The molecule has 0 aromatic rings. The van der Waals surface area contributed by atoms with Gasteiger partial charge in [0.25, 0.3) is 0 Å². The van der Waals surface area contributed by atoms with Gasteiger partial charge in [-0.3, -0.25) is 4.79 Å². The van der Waals surface area contributed by atoms with Gasteiger partial charge in [-0.2, -0.15) is 0 Å². The molecule has 0 aromatic heterocycles. The highest BCUT2D eigenvalue weighted by Gasteiger charge is 2.33. The molecule has 2 aliphatic carbocycles. The number of likely N-dealkylation sites (tertiary alicyclic amines) is 1. The third-order valence-electron chi connectivity index (χ3n) is 6.98. The van der Waals surface area contributed by atoms with Crippen LogP contribution >= 0.6 is 0 Å². The lowest BCUT2D eigenvalue weighted by Crippen LogP contribution is -2.38. The van der Waals surface area contributed by atoms with Gasteiger partial charge in [-0.25, -0.2) is 0 Å². The second-order valence-corrected chi connectivity index (χ2v) is 8.82. The first-order valence-electron chi connectivity index (χ1n) is 11.2. The highest BCUT2D eigenvalue weighted by atomic mass is 16.5. The van der Waals surface area contributed by atoms with Crippen molar-refractivity contribution in [3.05, 3.63) is 0 Å². The SMILES string of the molecule is CCCCCC1CCC(OC(=O)C2CCC(N3CCCC3)CC2)CC1. The fourth-order valence-electron chi connectivity index (χ4n) is 5.27. The Kier molecular flexibility index (Phi) is 7.64.